The molecule has 4 rings (SSSR count). The number of H-pyrrole nitrogens is 2. The SMILES string of the molecule is O=C(c1cc(Br)c[nH]1)N1CCC(c2nc3ccccc3[nH]2)CC1. The molecule has 23 heavy (non-hydrogen) atoms. The molecule has 1 aliphatic rings. The molecule has 2 aromatic heterocycles. The van der Waals surface area contributed by atoms with Gasteiger partial charge in [-0.3, -0.25) is 4.79 Å². The maximum atomic E-state index is 12.4. The van der Waals surface area contributed by atoms with E-state index in [1.54, 1.807) is 6.20 Å². The molecule has 0 bridgehead atoms. The molecule has 1 fully saturated rings. The van der Waals surface area contributed by atoms with Crippen LogP contribution in [0.2, 0.25) is 0 Å². The van der Waals surface area contributed by atoms with E-state index in [2.05, 4.69) is 25.9 Å². The van der Waals surface area contributed by atoms with Crippen molar-refractivity contribution in [2.75, 3.05) is 13.1 Å². The van der Waals surface area contributed by atoms with Crippen LogP contribution in [0.1, 0.15) is 35.1 Å². The number of halogens is 1. The number of aromatic nitrogens is 3. The van der Waals surface area contributed by atoms with Crippen LogP contribution in [0.15, 0.2) is 41.0 Å². The van der Waals surface area contributed by atoms with Gasteiger partial charge in [0, 0.05) is 29.7 Å². The molecular formula is C17H17BrN4O. The number of rotatable bonds is 2. The van der Waals surface area contributed by atoms with Gasteiger partial charge in [0.1, 0.15) is 11.5 Å². The van der Waals surface area contributed by atoms with Gasteiger partial charge in [0.25, 0.3) is 5.91 Å². The van der Waals surface area contributed by atoms with Gasteiger partial charge in [0.15, 0.2) is 0 Å². The Kier molecular flexibility index (Phi) is 3.69. The third-order valence-electron chi connectivity index (χ3n) is 4.45. The molecule has 3 aromatic rings. The Bertz CT molecular complexity index is 812. The Morgan fingerprint density at radius 1 is 1.26 bits per heavy atom. The summed E-state index contributed by atoms with van der Waals surface area (Å²) in [5.74, 6) is 1.50. The predicted octanol–water partition coefficient (Wildman–Crippen LogP) is 3.67. The number of carbonyl (C=O) groups excluding carboxylic acids is 1. The first kappa shape index (κ1) is 14.5. The van der Waals surface area contributed by atoms with Gasteiger partial charge >= 0.3 is 0 Å². The van der Waals surface area contributed by atoms with E-state index in [0.717, 1.165) is 47.3 Å². The lowest BCUT2D eigenvalue weighted by atomic mass is 9.96. The van der Waals surface area contributed by atoms with Gasteiger partial charge in [-0.05, 0) is 47.0 Å². The number of nitrogens with zero attached hydrogens (tertiary/aromatic N) is 2. The molecule has 3 heterocycles. The number of aromatic amines is 2. The molecule has 0 unspecified atom stereocenters. The standard InChI is InChI=1S/C17H17BrN4O/c18-12-9-15(19-10-12)17(23)22-7-5-11(6-8-22)16-20-13-3-1-2-4-14(13)21-16/h1-4,9-11,19H,5-8H2,(H,20,21). The maximum absolute atomic E-state index is 12.4. The minimum absolute atomic E-state index is 0.0683. The summed E-state index contributed by atoms with van der Waals surface area (Å²) in [7, 11) is 0. The monoisotopic (exact) mass is 372 g/mol. The second-order valence-corrected chi connectivity index (χ2v) is 6.85. The second kappa shape index (κ2) is 5.85. The zero-order valence-corrected chi connectivity index (χ0v) is 14.1. The quantitative estimate of drug-likeness (QED) is 0.720. The fraction of sp³-hybridized carbons (Fsp3) is 0.294. The lowest BCUT2D eigenvalue weighted by Gasteiger charge is -2.30. The van der Waals surface area contributed by atoms with E-state index in [9.17, 15) is 4.79 Å². The van der Waals surface area contributed by atoms with Crippen molar-refractivity contribution in [3.05, 3.63) is 52.5 Å². The molecule has 1 aliphatic heterocycles. The average molecular weight is 373 g/mol. The van der Waals surface area contributed by atoms with Gasteiger partial charge < -0.3 is 14.9 Å². The van der Waals surface area contributed by atoms with Crippen molar-refractivity contribution < 1.29 is 4.79 Å². The molecule has 1 saturated heterocycles. The smallest absolute Gasteiger partial charge is 0.270 e. The molecule has 5 nitrogen and oxygen atoms in total. The van der Waals surface area contributed by atoms with E-state index >= 15 is 0 Å². The molecule has 2 N–H and O–H groups in total. The van der Waals surface area contributed by atoms with Crippen LogP contribution in [0.3, 0.4) is 0 Å². The van der Waals surface area contributed by atoms with Gasteiger partial charge in [-0.15, -0.1) is 0 Å². The largest absolute Gasteiger partial charge is 0.356 e. The van der Waals surface area contributed by atoms with Crippen LogP contribution in [-0.4, -0.2) is 38.8 Å². The van der Waals surface area contributed by atoms with Crippen molar-refractivity contribution in [3.8, 4) is 0 Å². The number of imidazole rings is 1. The van der Waals surface area contributed by atoms with Crippen molar-refractivity contribution in [1.82, 2.24) is 19.9 Å². The number of para-hydroxylation sites is 2. The number of hydrogen-bond donors (Lipinski definition) is 2. The summed E-state index contributed by atoms with van der Waals surface area (Å²) in [5, 5.41) is 0. The second-order valence-electron chi connectivity index (χ2n) is 5.94. The summed E-state index contributed by atoms with van der Waals surface area (Å²) in [5.41, 5.74) is 2.73. The van der Waals surface area contributed by atoms with E-state index in [4.69, 9.17) is 4.98 Å². The molecule has 0 spiro atoms. The Balaban J connectivity index is 1.45. The van der Waals surface area contributed by atoms with E-state index in [1.807, 2.05) is 35.2 Å². The fourth-order valence-corrected chi connectivity index (χ4v) is 3.53. The summed E-state index contributed by atoms with van der Waals surface area (Å²) in [6.07, 6.45) is 3.66. The first-order valence-corrected chi connectivity index (χ1v) is 8.58. The molecule has 0 saturated carbocycles. The van der Waals surface area contributed by atoms with Crippen molar-refractivity contribution in [1.29, 1.82) is 0 Å². The summed E-state index contributed by atoms with van der Waals surface area (Å²) < 4.78 is 0.901. The highest BCUT2D eigenvalue weighted by atomic mass is 79.9. The van der Waals surface area contributed by atoms with Crippen molar-refractivity contribution in [2.24, 2.45) is 0 Å². The molecule has 118 valence electrons. The van der Waals surface area contributed by atoms with Crippen molar-refractivity contribution in [2.45, 2.75) is 18.8 Å². The number of likely N-dealkylation sites (tertiary alicyclic amines) is 1. The van der Waals surface area contributed by atoms with Gasteiger partial charge in [-0.2, -0.15) is 0 Å². The number of fused-ring (bicyclic) bond motifs is 1. The Hall–Kier alpha value is -2.08. The van der Waals surface area contributed by atoms with Gasteiger partial charge in [-0.1, -0.05) is 12.1 Å². The Labute approximate surface area is 142 Å². The number of nitrogens with one attached hydrogen (secondary N) is 2. The van der Waals surface area contributed by atoms with Gasteiger partial charge in [0.2, 0.25) is 0 Å². The molecular weight excluding hydrogens is 356 g/mol. The first-order valence-electron chi connectivity index (χ1n) is 7.78. The molecule has 1 aromatic carbocycles. The predicted molar refractivity (Wildman–Crippen MR) is 92.5 cm³/mol. The van der Waals surface area contributed by atoms with E-state index in [1.165, 1.54) is 0 Å². The molecule has 0 atom stereocenters. The third-order valence-corrected chi connectivity index (χ3v) is 4.91. The zero-order chi connectivity index (χ0) is 15.8. The van der Waals surface area contributed by atoms with E-state index in [-0.39, 0.29) is 5.91 Å². The third kappa shape index (κ3) is 2.79. The maximum Gasteiger partial charge on any atom is 0.270 e. The highest BCUT2D eigenvalue weighted by molar-refractivity contribution is 9.10. The molecule has 0 radical (unpaired) electrons. The van der Waals surface area contributed by atoms with Crippen molar-refractivity contribution in [3.63, 3.8) is 0 Å². The average Bonchev–Trinajstić information content (AvgIpc) is 3.20. The molecule has 0 aliphatic carbocycles. The van der Waals surface area contributed by atoms with Gasteiger partial charge in [-0.25, -0.2) is 4.98 Å². The number of carbonyl (C=O) groups is 1. The first-order chi connectivity index (χ1) is 11.2. The van der Waals surface area contributed by atoms with Crippen LogP contribution in [0.4, 0.5) is 0 Å². The van der Waals surface area contributed by atoms with Crippen LogP contribution >= 0.6 is 15.9 Å². The minimum Gasteiger partial charge on any atom is -0.356 e. The highest BCUT2D eigenvalue weighted by Gasteiger charge is 2.26. The number of amides is 1. The normalized spacial score (nSPS) is 16.1. The van der Waals surface area contributed by atoms with Crippen LogP contribution < -0.4 is 0 Å². The summed E-state index contributed by atoms with van der Waals surface area (Å²) in [4.78, 5) is 25.5. The van der Waals surface area contributed by atoms with Crippen LogP contribution in [-0.2, 0) is 0 Å². The van der Waals surface area contributed by atoms with Crippen molar-refractivity contribution >= 4 is 32.9 Å². The summed E-state index contributed by atoms with van der Waals surface area (Å²) in [6.45, 7) is 1.52. The van der Waals surface area contributed by atoms with E-state index in [0.29, 0.717) is 11.6 Å². The highest BCUT2D eigenvalue weighted by Crippen LogP contribution is 2.28. The summed E-state index contributed by atoms with van der Waals surface area (Å²) in [6, 6.07) is 9.92. The Morgan fingerprint density at radius 3 is 2.74 bits per heavy atom. The zero-order valence-electron chi connectivity index (χ0n) is 12.6. The molecule has 6 heteroatoms. The molecule has 1 amide bonds. The topological polar surface area (TPSA) is 64.8 Å². The number of benzene rings is 1. The lowest BCUT2D eigenvalue weighted by molar-refractivity contribution is 0.0706. The number of hydrogen-bond acceptors (Lipinski definition) is 2. The number of piperidine rings is 1. The Morgan fingerprint density at radius 2 is 2.04 bits per heavy atom. The van der Waals surface area contributed by atoms with Crippen LogP contribution in [0, 0.1) is 0 Å². The minimum atomic E-state index is 0.0683. The van der Waals surface area contributed by atoms with Crippen LogP contribution in [0.5, 0.6) is 0 Å². The summed E-state index contributed by atoms with van der Waals surface area (Å²) >= 11 is 3.37. The van der Waals surface area contributed by atoms with E-state index < -0.39 is 0 Å². The van der Waals surface area contributed by atoms with Gasteiger partial charge in [0.05, 0.1) is 11.0 Å². The van der Waals surface area contributed by atoms with Crippen LogP contribution in [0.25, 0.3) is 11.0 Å². The lowest BCUT2D eigenvalue weighted by Crippen LogP contribution is -2.38. The fourth-order valence-electron chi connectivity index (χ4n) is 3.18.